The Kier molecular flexibility index (Phi) is 4.44. The molecule has 1 aliphatic carbocycles. The number of urea groups is 2. The predicted octanol–water partition coefficient (Wildman–Crippen LogP) is 0.0868. The van der Waals surface area contributed by atoms with Gasteiger partial charge in [-0.2, -0.15) is 0 Å². The van der Waals surface area contributed by atoms with Crippen molar-refractivity contribution in [2.45, 2.75) is 44.6 Å². The lowest BCUT2D eigenvalue weighted by Gasteiger charge is -2.30. The number of rotatable bonds is 3. The maximum atomic E-state index is 12.4. The molecule has 0 unspecified atom stereocenters. The molecule has 0 atom stereocenters. The van der Waals surface area contributed by atoms with Crippen molar-refractivity contribution in [3.05, 3.63) is 0 Å². The molecule has 8 nitrogen and oxygen atoms in total. The number of amides is 6. The lowest BCUT2D eigenvalue weighted by Crippen LogP contribution is -2.49. The molecule has 0 radical (unpaired) electrons. The van der Waals surface area contributed by atoms with Gasteiger partial charge in [-0.25, -0.2) is 9.59 Å². The van der Waals surface area contributed by atoms with Crippen molar-refractivity contribution in [2.75, 3.05) is 13.1 Å². The molecule has 0 aromatic carbocycles. The quantitative estimate of drug-likeness (QED) is 0.641. The first kappa shape index (κ1) is 15.3. The van der Waals surface area contributed by atoms with Gasteiger partial charge in [-0.15, -0.1) is 0 Å². The summed E-state index contributed by atoms with van der Waals surface area (Å²) in [6.45, 7) is 1.66. The van der Waals surface area contributed by atoms with Crippen LogP contribution in [0.2, 0.25) is 0 Å². The summed E-state index contributed by atoms with van der Waals surface area (Å²) in [5.41, 5.74) is -0.846. The summed E-state index contributed by atoms with van der Waals surface area (Å²) in [5, 5.41) is 7.19. The molecule has 2 rings (SSSR count). The fourth-order valence-electron chi connectivity index (χ4n) is 2.83. The third kappa shape index (κ3) is 3.14. The van der Waals surface area contributed by atoms with Crippen LogP contribution in [0.3, 0.4) is 0 Å². The first-order valence-corrected chi connectivity index (χ1v) is 7.20. The van der Waals surface area contributed by atoms with Gasteiger partial charge in [0.15, 0.2) is 0 Å². The molecule has 0 bridgehead atoms. The van der Waals surface area contributed by atoms with Crippen molar-refractivity contribution in [1.29, 1.82) is 0 Å². The zero-order valence-corrected chi connectivity index (χ0v) is 12.0. The Labute approximate surface area is 122 Å². The zero-order chi connectivity index (χ0) is 15.5. The first-order chi connectivity index (χ1) is 9.98. The molecule has 0 aromatic rings. The van der Waals surface area contributed by atoms with E-state index in [-0.39, 0.29) is 5.91 Å². The second-order valence-electron chi connectivity index (χ2n) is 5.37. The minimum Gasteiger partial charge on any atom is -0.338 e. The standard InChI is InChI=1S/C13H20N4O4/c1-2-14-11(20)15-9(18)8-17-10(19)13(16-12(17)21)6-4-3-5-7-13/h2-8H2,1H3,(H,16,21)(H2,14,15,18,20). The highest BCUT2D eigenvalue weighted by molar-refractivity contribution is 6.10. The van der Waals surface area contributed by atoms with Crippen LogP contribution in [0.15, 0.2) is 0 Å². The molecule has 2 fully saturated rings. The Morgan fingerprint density at radius 2 is 1.90 bits per heavy atom. The fourth-order valence-corrected chi connectivity index (χ4v) is 2.83. The maximum absolute atomic E-state index is 12.4. The van der Waals surface area contributed by atoms with E-state index in [1.54, 1.807) is 6.92 Å². The van der Waals surface area contributed by atoms with Gasteiger partial charge in [-0.3, -0.25) is 19.8 Å². The summed E-state index contributed by atoms with van der Waals surface area (Å²) in [6.07, 6.45) is 4.01. The molecule has 116 valence electrons. The van der Waals surface area contributed by atoms with E-state index < -0.39 is 30.1 Å². The average molecular weight is 296 g/mol. The topological polar surface area (TPSA) is 108 Å². The Bertz CT molecular complexity index is 471. The van der Waals surface area contributed by atoms with Gasteiger partial charge in [0.25, 0.3) is 5.91 Å². The van der Waals surface area contributed by atoms with E-state index in [0.717, 1.165) is 24.2 Å². The summed E-state index contributed by atoms with van der Waals surface area (Å²) >= 11 is 0. The van der Waals surface area contributed by atoms with E-state index in [0.29, 0.717) is 19.4 Å². The number of imide groups is 2. The first-order valence-electron chi connectivity index (χ1n) is 7.20. The number of hydrogen-bond donors (Lipinski definition) is 3. The van der Waals surface area contributed by atoms with Gasteiger partial charge >= 0.3 is 12.1 Å². The van der Waals surface area contributed by atoms with Crippen LogP contribution in [0.25, 0.3) is 0 Å². The maximum Gasteiger partial charge on any atom is 0.325 e. The molecule has 0 aromatic heterocycles. The van der Waals surface area contributed by atoms with Crippen LogP contribution in [-0.2, 0) is 9.59 Å². The van der Waals surface area contributed by atoms with Crippen molar-refractivity contribution in [2.24, 2.45) is 0 Å². The third-order valence-corrected chi connectivity index (χ3v) is 3.85. The number of nitrogens with zero attached hydrogens (tertiary/aromatic N) is 1. The highest BCUT2D eigenvalue weighted by Crippen LogP contribution is 2.33. The lowest BCUT2D eigenvalue weighted by molar-refractivity contribution is -0.135. The van der Waals surface area contributed by atoms with Gasteiger partial charge in [0.1, 0.15) is 12.1 Å². The number of hydrogen-bond acceptors (Lipinski definition) is 4. The second kappa shape index (κ2) is 6.11. The number of carbonyl (C=O) groups excluding carboxylic acids is 4. The molecule has 2 aliphatic rings. The summed E-state index contributed by atoms with van der Waals surface area (Å²) in [5.74, 6) is -1.05. The smallest absolute Gasteiger partial charge is 0.325 e. The van der Waals surface area contributed by atoms with Gasteiger partial charge in [0, 0.05) is 6.54 Å². The van der Waals surface area contributed by atoms with Gasteiger partial charge in [0.05, 0.1) is 0 Å². The molecule has 8 heteroatoms. The fraction of sp³-hybridized carbons (Fsp3) is 0.692. The molecule has 21 heavy (non-hydrogen) atoms. The SMILES string of the molecule is CCNC(=O)NC(=O)CN1C(=O)NC2(CCCCC2)C1=O. The average Bonchev–Trinajstić information content (AvgIpc) is 2.64. The van der Waals surface area contributed by atoms with Crippen LogP contribution in [-0.4, -0.2) is 47.4 Å². The van der Waals surface area contributed by atoms with Crippen molar-refractivity contribution in [3.8, 4) is 0 Å². The van der Waals surface area contributed by atoms with Gasteiger partial charge in [-0.1, -0.05) is 19.3 Å². The van der Waals surface area contributed by atoms with E-state index in [9.17, 15) is 19.2 Å². The van der Waals surface area contributed by atoms with Gasteiger partial charge in [0.2, 0.25) is 5.91 Å². The molecule has 1 saturated carbocycles. The van der Waals surface area contributed by atoms with Crippen LogP contribution < -0.4 is 16.0 Å². The minimum atomic E-state index is -0.846. The molecule has 3 N–H and O–H groups in total. The normalized spacial score (nSPS) is 20.3. The monoisotopic (exact) mass is 296 g/mol. The highest BCUT2D eigenvalue weighted by Gasteiger charge is 2.51. The van der Waals surface area contributed by atoms with Crippen LogP contribution in [0.5, 0.6) is 0 Å². The largest absolute Gasteiger partial charge is 0.338 e. The molecular formula is C13H20N4O4. The van der Waals surface area contributed by atoms with E-state index >= 15 is 0 Å². The second-order valence-corrected chi connectivity index (χ2v) is 5.37. The molecular weight excluding hydrogens is 276 g/mol. The highest BCUT2D eigenvalue weighted by atomic mass is 16.2. The Hall–Kier alpha value is -2.12. The van der Waals surface area contributed by atoms with Crippen LogP contribution >= 0.6 is 0 Å². The van der Waals surface area contributed by atoms with Crippen LogP contribution in [0.4, 0.5) is 9.59 Å². The predicted molar refractivity (Wildman–Crippen MR) is 73.3 cm³/mol. The van der Waals surface area contributed by atoms with Crippen molar-refractivity contribution < 1.29 is 19.2 Å². The molecule has 1 heterocycles. The Morgan fingerprint density at radius 3 is 2.52 bits per heavy atom. The van der Waals surface area contributed by atoms with Crippen molar-refractivity contribution >= 4 is 23.9 Å². The summed E-state index contributed by atoms with van der Waals surface area (Å²) in [4.78, 5) is 48.1. The summed E-state index contributed by atoms with van der Waals surface area (Å²) in [7, 11) is 0. The minimum absolute atomic E-state index is 0.363. The lowest BCUT2D eigenvalue weighted by atomic mass is 9.82. The van der Waals surface area contributed by atoms with E-state index in [1.807, 2.05) is 0 Å². The van der Waals surface area contributed by atoms with Gasteiger partial charge < -0.3 is 10.6 Å². The van der Waals surface area contributed by atoms with E-state index in [2.05, 4.69) is 16.0 Å². The van der Waals surface area contributed by atoms with E-state index in [4.69, 9.17) is 0 Å². The Morgan fingerprint density at radius 1 is 1.24 bits per heavy atom. The molecule has 1 spiro atoms. The molecule has 1 saturated heterocycles. The summed E-state index contributed by atoms with van der Waals surface area (Å²) in [6, 6.07) is -1.20. The third-order valence-electron chi connectivity index (χ3n) is 3.85. The zero-order valence-electron chi connectivity index (χ0n) is 12.0. The van der Waals surface area contributed by atoms with Crippen LogP contribution in [0, 0.1) is 0 Å². The Balaban J connectivity index is 1.97. The van der Waals surface area contributed by atoms with Crippen LogP contribution in [0.1, 0.15) is 39.0 Å². The molecule has 1 aliphatic heterocycles. The summed E-state index contributed by atoms with van der Waals surface area (Å²) < 4.78 is 0. The van der Waals surface area contributed by atoms with Crippen molar-refractivity contribution in [1.82, 2.24) is 20.9 Å². The van der Waals surface area contributed by atoms with Crippen molar-refractivity contribution in [3.63, 3.8) is 0 Å². The number of carbonyl (C=O) groups is 4. The molecule has 6 amide bonds. The van der Waals surface area contributed by atoms with E-state index in [1.165, 1.54) is 0 Å². The number of nitrogens with one attached hydrogen (secondary N) is 3. The van der Waals surface area contributed by atoms with Gasteiger partial charge in [-0.05, 0) is 19.8 Å².